The second kappa shape index (κ2) is 8.54. The van der Waals surface area contributed by atoms with Gasteiger partial charge in [0.1, 0.15) is 5.75 Å². The molecule has 0 saturated carbocycles. The van der Waals surface area contributed by atoms with Crippen molar-refractivity contribution in [2.75, 3.05) is 10.6 Å². The molecule has 0 radical (unpaired) electrons. The molecular formula is C28H28N2O2. The van der Waals surface area contributed by atoms with Crippen LogP contribution in [0.1, 0.15) is 49.8 Å². The van der Waals surface area contributed by atoms with Crippen molar-refractivity contribution in [3.8, 4) is 5.75 Å². The van der Waals surface area contributed by atoms with E-state index in [1.54, 1.807) is 0 Å². The highest BCUT2D eigenvalue weighted by molar-refractivity contribution is 6.01. The quantitative estimate of drug-likeness (QED) is 0.505. The van der Waals surface area contributed by atoms with Crippen molar-refractivity contribution in [1.82, 2.24) is 0 Å². The highest BCUT2D eigenvalue weighted by Gasteiger charge is 2.35. The Hall–Kier alpha value is -3.53. The van der Waals surface area contributed by atoms with E-state index < -0.39 is 0 Å². The Morgan fingerprint density at radius 1 is 0.812 bits per heavy atom. The van der Waals surface area contributed by atoms with Crippen LogP contribution < -0.4 is 15.4 Å². The Labute approximate surface area is 189 Å². The minimum Gasteiger partial charge on any atom is -0.491 e. The van der Waals surface area contributed by atoms with E-state index >= 15 is 0 Å². The molecule has 1 heterocycles. The summed E-state index contributed by atoms with van der Waals surface area (Å²) in [5, 5.41) is 7.24. The van der Waals surface area contributed by atoms with Crippen LogP contribution in [0.15, 0.2) is 90.1 Å². The fourth-order valence-corrected chi connectivity index (χ4v) is 4.71. The number of Topliss-reactive ketones (excluding diaryl/α,β-unsaturated/α-hetero) is 1. The first-order valence-corrected chi connectivity index (χ1v) is 11.3. The fraction of sp³-hybridized carbons (Fsp3) is 0.250. The molecule has 2 aliphatic rings. The number of fused-ring (bicyclic) bond motifs is 1. The van der Waals surface area contributed by atoms with E-state index in [9.17, 15) is 4.79 Å². The van der Waals surface area contributed by atoms with Crippen LogP contribution >= 0.6 is 0 Å². The van der Waals surface area contributed by atoms with Crippen LogP contribution in [0.4, 0.5) is 11.4 Å². The molecule has 0 aromatic heterocycles. The van der Waals surface area contributed by atoms with Crippen molar-refractivity contribution in [3.63, 3.8) is 0 Å². The molecule has 2 N–H and O–H groups in total. The van der Waals surface area contributed by atoms with Gasteiger partial charge < -0.3 is 15.4 Å². The van der Waals surface area contributed by atoms with Crippen molar-refractivity contribution < 1.29 is 9.53 Å². The Morgan fingerprint density at radius 3 is 2.22 bits per heavy atom. The molecule has 2 atom stereocenters. The summed E-state index contributed by atoms with van der Waals surface area (Å²) in [4.78, 5) is 13.5. The number of rotatable bonds is 4. The van der Waals surface area contributed by atoms with E-state index in [1.807, 2.05) is 56.3 Å². The maximum Gasteiger partial charge on any atom is 0.163 e. The first-order valence-electron chi connectivity index (χ1n) is 11.3. The SMILES string of the molecule is CC(C)Oc1ccc(C2Nc3ccccc3NC3=C2C(=O)CC(c2ccccc2)C3)cc1. The summed E-state index contributed by atoms with van der Waals surface area (Å²) in [6.07, 6.45) is 1.46. The summed E-state index contributed by atoms with van der Waals surface area (Å²) < 4.78 is 5.82. The van der Waals surface area contributed by atoms with Crippen molar-refractivity contribution in [2.24, 2.45) is 0 Å². The molecule has 1 aliphatic heterocycles. The van der Waals surface area contributed by atoms with E-state index in [4.69, 9.17) is 4.74 Å². The Morgan fingerprint density at radius 2 is 1.50 bits per heavy atom. The second-order valence-electron chi connectivity index (χ2n) is 8.81. The third kappa shape index (κ3) is 4.01. The molecule has 5 rings (SSSR count). The average molecular weight is 425 g/mol. The van der Waals surface area contributed by atoms with Gasteiger partial charge in [0.25, 0.3) is 0 Å². The average Bonchev–Trinajstić information content (AvgIpc) is 2.97. The molecule has 0 bridgehead atoms. The fourth-order valence-electron chi connectivity index (χ4n) is 4.71. The van der Waals surface area contributed by atoms with Gasteiger partial charge >= 0.3 is 0 Å². The monoisotopic (exact) mass is 424 g/mol. The predicted molar refractivity (Wildman–Crippen MR) is 129 cm³/mol. The van der Waals surface area contributed by atoms with E-state index in [1.165, 1.54) is 5.56 Å². The van der Waals surface area contributed by atoms with E-state index in [0.717, 1.165) is 40.4 Å². The van der Waals surface area contributed by atoms with Crippen LogP contribution in [0.25, 0.3) is 0 Å². The molecule has 4 nitrogen and oxygen atoms in total. The largest absolute Gasteiger partial charge is 0.491 e. The summed E-state index contributed by atoms with van der Waals surface area (Å²) in [7, 11) is 0. The third-order valence-corrected chi connectivity index (χ3v) is 6.17. The standard InChI is InChI=1S/C28H28N2O2/c1-18(2)32-22-14-12-20(13-15-22)28-27-25(29-23-10-6-7-11-24(23)30-28)16-21(17-26(27)31)19-8-4-3-5-9-19/h3-15,18,21,28-30H,16-17H2,1-2H3. The van der Waals surface area contributed by atoms with Gasteiger partial charge in [-0.1, -0.05) is 54.6 Å². The lowest BCUT2D eigenvalue weighted by Crippen LogP contribution is -2.26. The number of carbonyl (C=O) groups excluding carboxylic acids is 1. The Bertz CT molecular complexity index is 1150. The maximum absolute atomic E-state index is 13.5. The summed E-state index contributed by atoms with van der Waals surface area (Å²) >= 11 is 0. The van der Waals surface area contributed by atoms with Crippen LogP contribution in [0.5, 0.6) is 5.75 Å². The molecule has 162 valence electrons. The van der Waals surface area contributed by atoms with Gasteiger partial charge in [-0.2, -0.15) is 0 Å². The molecule has 3 aromatic carbocycles. The van der Waals surface area contributed by atoms with Crippen LogP contribution in [0.2, 0.25) is 0 Å². The summed E-state index contributed by atoms with van der Waals surface area (Å²) in [6, 6.07) is 26.4. The zero-order valence-corrected chi connectivity index (χ0v) is 18.5. The number of anilines is 2. The summed E-state index contributed by atoms with van der Waals surface area (Å²) in [5.41, 5.74) is 6.12. The van der Waals surface area contributed by atoms with Crippen LogP contribution in [0.3, 0.4) is 0 Å². The van der Waals surface area contributed by atoms with Crippen LogP contribution in [-0.4, -0.2) is 11.9 Å². The van der Waals surface area contributed by atoms with Gasteiger partial charge in [-0.25, -0.2) is 0 Å². The minimum absolute atomic E-state index is 0.122. The topological polar surface area (TPSA) is 50.4 Å². The van der Waals surface area contributed by atoms with Crippen molar-refractivity contribution in [2.45, 2.75) is 44.8 Å². The highest BCUT2D eigenvalue weighted by atomic mass is 16.5. The number of benzene rings is 3. The smallest absolute Gasteiger partial charge is 0.163 e. The van der Waals surface area contributed by atoms with Crippen molar-refractivity contribution in [3.05, 3.63) is 101 Å². The number of hydrogen-bond acceptors (Lipinski definition) is 4. The number of hydrogen-bond donors (Lipinski definition) is 2. The first-order chi connectivity index (χ1) is 15.6. The Balaban J connectivity index is 1.55. The number of para-hydroxylation sites is 2. The molecule has 0 fully saturated rings. The van der Waals surface area contributed by atoms with E-state index in [-0.39, 0.29) is 23.8 Å². The number of nitrogens with one attached hydrogen (secondary N) is 2. The number of ketones is 1. The number of carbonyl (C=O) groups is 1. The Kier molecular flexibility index (Phi) is 5.44. The lowest BCUT2D eigenvalue weighted by Gasteiger charge is -2.30. The lowest BCUT2D eigenvalue weighted by atomic mass is 9.78. The van der Waals surface area contributed by atoms with Gasteiger partial charge in [-0.3, -0.25) is 4.79 Å². The number of ether oxygens (including phenoxy) is 1. The van der Waals surface area contributed by atoms with Gasteiger partial charge in [-0.05, 0) is 61.6 Å². The molecule has 2 unspecified atom stereocenters. The normalized spacial score (nSPS) is 20.0. The van der Waals surface area contributed by atoms with Crippen LogP contribution in [-0.2, 0) is 4.79 Å². The highest BCUT2D eigenvalue weighted by Crippen LogP contribution is 2.44. The molecule has 1 aliphatic carbocycles. The number of allylic oxidation sites excluding steroid dienone is 1. The zero-order valence-electron chi connectivity index (χ0n) is 18.5. The van der Waals surface area contributed by atoms with E-state index in [0.29, 0.717) is 6.42 Å². The molecule has 0 amide bonds. The van der Waals surface area contributed by atoms with E-state index in [2.05, 4.69) is 47.0 Å². The van der Waals surface area contributed by atoms with Crippen molar-refractivity contribution in [1.29, 1.82) is 0 Å². The van der Waals surface area contributed by atoms with Crippen LogP contribution in [0, 0.1) is 0 Å². The molecule has 3 aromatic rings. The molecular weight excluding hydrogens is 396 g/mol. The first kappa shape index (κ1) is 20.4. The van der Waals surface area contributed by atoms with Gasteiger partial charge in [0.05, 0.1) is 23.5 Å². The maximum atomic E-state index is 13.5. The van der Waals surface area contributed by atoms with Gasteiger partial charge in [0.15, 0.2) is 5.78 Å². The van der Waals surface area contributed by atoms with Gasteiger partial charge in [-0.15, -0.1) is 0 Å². The third-order valence-electron chi connectivity index (χ3n) is 6.17. The van der Waals surface area contributed by atoms with Gasteiger partial charge in [0.2, 0.25) is 0 Å². The second-order valence-corrected chi connectivity index (χ2v) is 8.81. The summed E-state index contributed by atoms with van der Waals surface area (Å²) in [6.45, 7) is 4.04. The lowest BCUT2D eigenvalue weighted by molar-refractivity contribution is -0.116. The zero-order chi connectivity index (χ0) is 22.1. The molecule has 0 saturated heterocycles. The predicted octanol–water partition coefficient (Wildman–Crippen LogP) is 6.45. The molecule has 0 spiro atoms. The minimum atomic E-state index is -0.210. The van der Waals surface area contributed by atoms with Crippen molar-refractivity contribution >= 4 is 17.2 Å². The summed E-state index contributed by atoms with van der Waals surface area (Å²) in [5.74, 6) is 1.22. The molecule has 32 heavy (non-hydrogen) atoms. The van der Waals surface area contributed by atoms with Gasteiger partial charge in [0, 0.05) is 17.7 Å². The molecule has 4 heteroatoms.